The first kappa shape index (κ1) is 16.7. The molecule has 0 bridgehead atoms. The summed E-state index contributed by atoms with van der Waals surface area (Å²) in [5.74, 6) is 0.739. The molecule has 5 heteroatoms. The molecule has 0 aromatic carbocycles. The molecule has 0 amide bonds. The van der Waals surface area contributed by atoms with Crippen LogP contribution < -0.4 is 10.1 Å². The lowest BCUT2D eigenvalue weighted by molar-refractivity contribution is -0.140. The maximum absolute atomic E-state index is 6.12. The summed E-state index contributed by atoms with van der Waals surface area (Å²) < 4.78 is 17.1. The van der Waals surface area contributed by atoms with Crippen molar-refractivity contribution in [2.45, 2.75) is 57.7 Å². The van der Waals surface area contributed by atoms with Crippen molar-refractivity contribution in [1.29, 1.82) is 0 Å². The van der Waals surface area contributed by atoms with Crippen LogP contribution in [0.1, 0.15) is 42.5 Å². The van der Waals surface area contributed by atoms with Crippen molar-refractivity contribution in [1.82, 2.24) is 10.3 Å². The first-order chi connectivity index (χ1) is 11.1. The molecule has 2 aliphatic heterocycles. The zero-order chi connectivity index (χ0) is 16.3. The summed E-state index contributed by atoms with van der Waals surface area (Å²) in [5.41, 5.74) is 3.41. The Hall–Kier alpha value is -1.17. The Labute approximate surface area is 138 Å². The minimum Gasteiger partial charge on any atom is -0.481 e. The van der Waals surface area contributed by atoms with Gasteiger partial charge in [-0.2, -0.15) is 0 Å². The van der Waals surface area contributed by atoms with E-state index in [0.717, 1.165) is 69.2 Å². The molecule has 1 aromatic rings. The van der Waals surface area contributed by atoms with E-state index in [2.05, 4.69) is 23.3 Å². The van der Waals surface area contributed by atoms with Gasteiger partial charge in [-0.25, -0.2) is 4.98 Å². The van der Waals surface area contributed by atoms with Crippen molar-refractivity contribution >= 4 is 0 Å². The van der Waals surface area contributed by atoms with Crippen molar-refractivity contribution < 1.29 is 14.2 Å². The maximum atomic E-state index is 6.12. The molecule has 128 valence electrons. The van der Waals surface area contributed by atoms with E-state index in [1.54, 1.807) is 7.11 Å². The van der Waals surface area contributed by atoms with E-state index in [9.17, 15) is 0 Å². The minimum absolute atomic E-state index is 0.0266. The van der Waals surface area contributed by atoms with Gasteiger partial charge in [0.05, 0.1) is 12.7 Å². The fourth-order valence-electron chi connectivity index (χ4n) is 3.75. The van der Waals surface area contributed by atoms with Gasteiger partial charge in [-0.1, -0.05) is 0 Å². The first-order valence-corrected chi connectivity index (χ1v) is 8.58. The normalized spacial score (nSPS) is 23.9. The van der Waals surface area contributed by atoms with Crippen LogP contribution in [-0.2, 0) is 16.0 Å². The number of pyridine rings is 1. The Morgan fingerprint density at radius 2 is 2.09 bits per heavy atom. The summed E-state index contributed by atoms with van der Waals surface area (Å²) in [6.45, 7) is 7.39. The molecule has 1 aromatic heterocycles. The van der Waals surface area contributed by atoms with Gasteiger partial charge in [0.15, 0.2) is 0 Å². The monoisotopic (exact) mass is 320 g/mol. The lowest BCUT2D eigenvalue weighted by Gasteiger charge is -2.43. The SMILES string of the molecule is COc1nc(C)cc(C)c1CNC1CCOC2(CCOCC2)C1. The van der Waals surface area contributed by atoms with Crippen LogP contribution in [0.4, 0.5) is 0 Å². The van der Waals surface area contributed by atoms with Crippen LogP contribution >= 0.6 is 0 Å². The van der Waals surface area contributed by atoms with Crippen LogP contribution in [0.15, 0.2) is 6.07 Å². The highest BCUT2D eigenvalue weighted by atomic mass is 16.5. The second kappa shape index (κ2) is 7.16. The number of hydrogen-bond donors (Lipinski definition) is 1. The highest BCUT2D eigenvalue weighted by Gasteiger charge is 2.38. The van der Waals surface area contributed by atoms with Gasteiger partial charge in [-0.3, -0.25) is 0 Å². The molecule has 1 unspecified atom stereocenters. The third kappa shape index (κ3) is 3.84. The van der Waals surface area contributed by atoms with Crippen molar-refractivity contribution in [3.05, 3.63) is 22.9 Å². The fourth-order valence-corrected chi connectivity index (χ4v) is 3.75. The summed E-state index contributed by atoms with van der Waals surface area (Å²) in [7, 11) is 1.69. The molecule has 3 heterocycles. The predicted molar refractivity (Wildman–Crippen MR) is 88.9 cm³/mol. The van der Waals surface area contributed by atoms with E-state index < -0.39 is 0 Å². The Morgan fingerprint density at radius 3 is 2.83 bits per heavy atom. The highest BCUT2D eigenvalue weighted by Crippen LogP contribution is 2.34. The van der Waals surface area contributed by atoms with Crippen LogP contribution in [0.25, 0.3) is 0 Å². The molecule has 5 nitrogen and oxygen atoms in total. The third-order valence-electron chi connectivity index (χ3n) is 5.10. The Morgan fingerprint density at radius 1 is 1.30 bits per heavy atom. The topological polar surface area (TPSA) is 52.6 Å². The summed E-state index contributed by atoms with van der Waals surface area (Å²) in [5, 5.41) is 3.70. The Bertz CT molecular complexity index is 536. The van der Waals surface area contributed by atoms with Crippen molar-refractivity contribution in [3.63, 3.8) is 0 Å². The summed E-state index contributed by atoms with van der Waals surface area (Å²) in [6.07, 6.45) is 4.15. The van der Waals surface area contributed by atoms with Crippen LogP contribution in [0.2, 0.25) is 0 Å². The largest absolute Gasteiger partial charge is 0.481 e. The fraction of sp³-hybridized carbons (Fsp3) is 0.722. The first-order valence-electron chi connectivity index (χ1n) is 8.58. The number of hydrogen-bond acceptors (Lipinski definition) is 5. The lowest BCUT2D eigenvalue weighted by Crippen LogP contribution is -2.49. The number of nitrogens with one attached hydrogen (secondary N) is 1. The van der Waals surface area contributed by atoms with Gasteiger partial charge < -0.3 is 19.5 Å². The quantitative estimate of drug-likeness (QED) is 0.924. The number of rotatable bonds is 4. The van der Waals surface area contributed by atoms with Gasteiger partial charge in [0.25, 0.3) is 0 Å². The number of nitrogens with zero attached hydrogens (tertiary/aromatic N) is 1. The van der Waals surface area contributed by atoms with E-state index in [4.69, 9.17) is 14.2 Å². The Balaban J connectivity index is 1.64. The third-order valence-corrected chi connectivity index (χ3v) is 5.10. The molecule has 1 atom stereocenters. The van der Waals surface area contributed by atoms with Crippen LogP contribution in [-0.4, -0.2) is 43.6 Å². The average molecular weight is 320 g/mol. The second-order valence-corrected chi connectivity index (χ2v) is 6.78. The molecule has 1 spiro atoms. The van der Waals surface area contributed by atoms with E-state index in [-0.39, 0.29) is 5.60 Å². The number of ether oxygens (including phenoxy) is 3. The van der Waals surface area contributed by atoms with E-state index in [1.807, 2.05) is 6.92 Å². The van der Waals surface area contributed by atoms with Gasteiger partial charge in [-0.05, 0) is 51.2 Å². The molecule has 0 radical (unpaired) electrons. The number of aromatic nitrogens is 1. The van der Waals surface area contributed by atoms with Crippen LogP contribution in [0.5, 0.6) is 5.88 Å². The van der Waals surface area contributed by atoms with Crippen molar-refractivity contribution in [2.24, 2.45) is 0 Å². The molecule has 2 saturated heterocycles. The molecule has 0 saturated carbocycles. The zero-order valence-electron chi connectivity index (χ0n) is 14.5. The summed E-state index contributed by atoms with van der Waals surface area (Å²) in [4.78, 5) is 4.50. The Kier molecular flexibility index (Phi) is 5.19. The minimum atomic E-state index is 0.0266. The maximum Gasteiger partial charge on any atom is 0.218 e. The van der Waals surface area contributed by atoms with Crippen LogP contribution in [0.3, 0.4) is 0 Å². The second-order valence-electron chi connectivity index (χ2n) is 6.78. The molecule has 1 N–H and O–H groups in total. The molecular formula is C18H28N2O3. The molecule has 0 aliphatic carbocycles. The molecule has 23 heavy (non-hydrogen) atoms. The number of methoxy groups -OCH3 is 1. The standard InChI is InChI=1S/C18H28N2O3/c1-13-10-14(2)20-17(21-3)16(13)12-19-15-4-7-23-18(11-15)5-8-22-9-6-18/h10,15,19H,4-9,11-12H2,1-3H3. The van der Waals surface area contributed by atoms with Crippen LogP contribution in [0, 0.1) is 13.8 Å². The summed E-state index contributed by atoms with van der Waals surface area (Å²) in [6, 6.07) is 2.59. The zero-order valence-corrected chi connectivity index (χ0v) is 14.5. The highest BCUT2D eigenvalue weighted by molar-refractivity contribution is 5.35. The van der Waals surface area contributed by atoms with Gasteiger partial charge in [0, 0.05) is 43.7 Å². The van der Waals surface area contributed by atoms with Crippen molar-refractivity contribution in [2.75, 3.05) is 26.9 Å². The number of aryl methyl sites for hydroxylation is 2. The van der Waals surface area contributed by atoms with E-state index >= 15 is 0 Å². The molecule has 2 aliphatic rings. The van der Waals surface area contributed by atoms with Crippen molar-refractivity contribution in [3.8, 4) is 5.88 Å². The van der Waals surface area contributed by atoms with Gasteiger partial charge in [-0.15, -0.1) is 0 Å². The molecule has 3 rings (SSSR count). The van der Waals surface area contributed by atoms with E-state index in [1.165, 1.54) is 5.56 Å². The van der Waals surface area contributed by atoms with Gasteiger partial charge in [0.1, 0.15) is 0 Å². The van der Waals surface area contributed by atoms with Gasteiger partial charge >= 0.3 is 0 Å². The summed E-state index contributed by atoms with van der Waals surface area (Å²) >= 11 is 0. The average Bonchev–Trinajstić information content (AvgIpc) is 2.54. The molecular weight excluding hydrogens is 292 g/mol. The predicted octanol–water partition coefficient (Wildman–Crippen LogP) is 2.52. The van der Waals surface area contributed by atoms with Gasteiger partial charge in [0.2, 0.25) is 5.88 Å². The lowest BCUT2D eigenvalue weighted by atomic mass is 9.84. The smallest absolute Gasteiger partial charge is 0.218 e. The van der Waals surface area contributed by atoms with E-state index in [0.29, 0.717) is 6.04 Å². The molecule has 2 fully saturated rings.